The fourth-order valence-corrected chi connectivity index (χ4v) is 3.12. The molecule has 0 saturated heterocycles. The van der Waals surface area contributed by atoms with Crippen molar-refractivity contribution >= 4 is 5.78 Å². The van der Waals surface area contributed by atoms with Gasteiger partial charge in [-0.05, 0) is 30.5 Å². The highest BCUT2D eigenvalue weighted by Gasteiger charge is 2.16. The van der Waals surface area contributed by atoms with Gasteiger partial charge in [0.05, 0.1) is 7.05 Å². The molecule has 0 aliphatic carbocycles. The molecule has 1 aromatic heterocycles. The van der Waals surface area contributed by atoms with Gasteiger partial charge in [0.25, 0.3) is 0 Å². The fourth-order valence-electron chi connectivity index (χ4n) is 3.12. The second-order valence-corrected chi connectivity index (χ2v) is 6.36. The predicted octanol–water partition coefficient (Wildman–Crippen LogP) is 3.41. The van der Waals surface area contributed by atoms with E-state index in [0.29, 0.717) is 13.0 Å². The first-order chi connectivity index (χ1) is 11.5. The highest BCUT2D eigenvalue weighted by molar-refractivity contribution is 5.80. The van der Waals surface area contributed by atoms with Gasteiger partial charge in [0, 0.05) is 12.0 Å². The van der Waals surface area contributed by atoms with Gasteiger partial charge in [-0.2, -0.15) is 0 Å². The van der Waals surface area contributed by atoms with Gasteiger partial charge in [0.15, 0.2) is 11.5 Å². The summed E-state index contributed by atoms with van der Waals surface area (Å²) in [5.74, 6) is 0.225. The molecule has 0 N–H and O–H groups in total. The van der Waals surface area contributed by atoms with Gasteiger partial charge in [-0.1, -0.05) is 48.5 Å². The molecular weight excluding hydrogens is 296 g/mol. The second kappa shape index (κ2) is 6.83. The molecular formula is C21H23N2O+. The van der Waals surface area contributed by atoms with Crippen LogP contribution in [0.15, 0.2) is 61.1 Å². The maximum absolute atomic E-state index is 12.5. The molecule has 1 heterocycles. The Morgan fingerprint density at radius 1 is 1.00 bits per heavy atom. The highest BCUT2D eigenvalue weighted by atomic mass is 16.1. The topological polar surface area (TPSA) is 25.9 Å². The SMILES string of the molecule is Cc1cccc(C)c1CC(=O)C[n+]1cc(-c2ccccc2)n(C)c1. The average molecular weight is 319 g/mol. The zero-order chi connectivity index (χ0) is 17.1. The zero-order valence-corrected chi connectivity index (χ0v) is 14.5. The van der Waals surface area contributed by atoms with Crippen molar-refractivity contribution in [2.75, 3.05) is 0 Å². The number of carbonyl (C=O) groups is 1. The predicted molar refractivity (Wildman–Crippen MR) is 95.7 cm³/mol. The fraction of sp³-hybridized carbons (Fsp3) is 0.238. The Hall–Kier alpha value is -2.68. The molecule has 0 aliphatic rings. The van der Waals surface area contributed by atoms with Gasteiger partial charge in [-0.3, -0.25) is 4.79 Å². The van der Waals surface area contributed by atoms with E-state index in [1.807, 2.05) is 48.4 Å². The first-order valence-corrected chi connectivity index (χ1v) is 8.22. The Kier molecular flexibility index (Phi) is 4.61. The Bertz CT molecular complexity index is 843. The van der Waals surface area contributed by atoms with Crippen LogP contribution in [0.2, 0.25) is 0 Å². The van der Waals surface area contributed by atoms with Crippen molar-refractivity contribution in [2.45, 2.75) is 26.8 Å². The lowest BCUT2D eigenvalue weighted by atomic mass is 9.98. The summed E-state index contributed by atoms with van der Waals surface area (Å²) in [7, 11) is 2.01. The molecule has 2 aromatic carbocycles. The Morgan fingerprint density at radius 3 is 2.33 bits per heavy atom. The number of hydrogen-bond acceptors (Lipinski definition) is 1. The largest absolute Gasteiger partial charge is 0.295 e. The van der Waals surface area contributed by atoms with Crippen molar-refractivity contribution in [1.82, 2.24) is 4.57 Å². The van der Waals surface area contributed by atoms with E-state index in [4.69, 9.17) is 0 Å². The molecule has 0 unspecified atom stereocenters. The first-order valence-electron chi connectivity index (χ1n) is 8.22. The van der Waals surface area contributed by atoms with Crippen LogP contribution in [0.25, 0.3) is 11.3 Å². The number of benzene rings is 2. The molecule has 0 amide bonds. The lowest BCUT2D eigenvalue weighted by molar-refractivity contribution is -0.683. The molecule has 0 radical (unpaired) electrons. The highest BCUT2D eigenvalue weighted by Crippen LogP contribution is 2.17. The van der Waals surface area contributed by atoms with Crippen LogP contribution in [0.4, 0.5) is 0 Å². The molecule has 3 heteroatoms. The van der Waals surface area contributed by atoms with Crippen molar-refractivity contribution in [3.05, 3.63) is 77.7 Å². The van der Waals surface area contributed by atoms with E-state index in [9.17, 15) is 4.79 Å². The molecule has 0 atom stereocenters. The summed E-state index contributed by atoms with van der Waals surface area (Å²) in [5.41, 5.74) is 5.79. The first kappa shape index (κ1) is 16.2. The van der Waals surface area contributed by atoms with Crippen LogP contribution in [0.1, 0.15) is 16.7 Å². The van der Waals surface area contributed by atoms with Crippen molar-refractivity contribution in [3.63, 3.8) is 0 Å². The van der Waals surface area contributed by atoms with Gasteiger partial charge in [0.1, 0.15) is 12.7 Å². The summed E-state index contributed by atoms with van der Waals surface area (Å²) in [6.45, 7) is 4.53. The van der Waals surface area contributed by atoms with Crippen LogP contribution in [0.5, 0.6) is 0 Å². The summed E-state index contributed by atoms with van der Waals surface area (Å²) in [4.78, 5) is 12.5. The third kappa shape index (κ3) is 3.46. The Labute approximate surface area is 143 Å². The minimum Gasteiger partial charge on any atom is -0.295 e. The average Bonchev–Trinajstić information content (AvgIpc) is 2.92. The van der Waals surface area contributed by atoms with Gasteiger partial charge >= 0.3 is 0 Å². The maximum Gasteiger partial charge on any atom is 0.244 e. The van der Waals surface area contributed by atoms with Gasteiger partial charge in [-0.15, -0.1) is 0 Å². The van der Waals surface area contributed by atoms with Crippen molar-refractivity contribution in [1.29, 1.82) is 0 Å². The van der Waals surface area contributed by atoms with Crippen LogP contribution >= 0.6 is 0 Å². The molecule has 0 aliphatic heterocycles. The molecule has 3 aromatic rings. The Balaban J connectivity index is 1.76. The molecule has 0 fully saturated rings. The minimum atomic E-state index is 0.225. The maximum atomic E-state index is 12.5. The van der Waals surface area contributed by atoms with Crippen molar-refractivity contribution in [3.8, 4) is 11.3 Å². The summed E-state index contributed by atoms with van der Waals surface area (Å²) in [5, 5.41) is 0. The van der Waals surface area contributed by atoms with E-state index in [1.54, 1.807) is 0 Å². The summed E-state index contributed by atoms with van der Waals surface area (Å²) in [6.07, 6.45) is 4.50. The van der Waals surface area contributed by atoms with Crippen molar-refractivity contribution in [2.24, 2.45) is 7.05 Å². The lowest BCUT2D eigenvalue weighted by Gasteiger charge is -2.07. The number of rotatable bonds is 5. The third-order valence-corrected chi connectivity index (χ3v) is 4.44. The van der Waals surface area contributed by atoms with Gasteiger partial charge in [0.2, 0.25) is 6.33 Å². The van der Waals surface area contributed by atoms with Crippen LogP contribution in [0, 0.1) is 13.8 Å². The lowest BCUT2D eigenvalue weighted by Crippen LogP contribution is -2.36. The molecule has 0 bridgehead atoms. The number of carbonyl (C=O) groups excluding carboxylic acids is 1. The molecule has 0 saturated carbocycles. The third-order valence-electron chi connectivity index (χ3n) is 4.44. The van der Waals surface area contributed by atoms with Crippen LogP contribution in [-0.2, 0) is 24.8 Å². The number of nitrogens with zero attached hydrogens (tertiary/aromatic N) is 2. The summed E-state index contributed by atoms with van der Waals surface area (Å²) >= 11 is 0. The molecule has 3 nitrogen and oxygen atoms in total. The van der Waals surface area contributed by atoms with E-state index >= 15 is 0 Å². The Morgan fingerprint density at radius 2 is 1.67 bits per heavy atom. The van der Waals surface area contributed by atoms with E-state index in [-0.39, 0.29) is 5.78 Å². The number of ketones is 1. The number of hydrogen-bond donors (Lipinski definition) is 0. The molecule has 122 valence electrons. The number of aromatic nitrogens is 2. The number of aryl methyl sites for hydroxylation is 3. The quantitative estimate of drug-likeness (QED) is 0.662. The molecule has 24 heavy (non-hydrogen) atoms. The standard InChI is InChI=1S/C21H23N2O/c1-16-8-7-9-17(2)20(16)12-19(24)13-23-14-21(22(3)15-23)18-10-5-4-6-11-18/h4-11,14-15H,12-13H2,1-3H3/q+1. The van der Waals surface area contributed by atoms with Crippen LogP contribution in [0.3, 0.4) is 0 Å². The summed E-state index contributed by atoms with van der Waals surface area (Å²) in [6, 6.07) is 16.4. The minimum absolute atomic E-state index is 0.225. The smallest absolute Gasteiger partial charge is 0.244 e. The van der Waals surface area contributed by atoms with Crippen molar-refractivity contribution < 1.29 is 9.36 Å². The normalized spacial score (nSPS) is 10.8. The molecule has 3 rings (SSSR count). The van der Waals surface area contributed by atoms with E-state index < -0.39 is 0 Å². The van der Waals surface area contributed by atoms with Gasteiger partial charge < -0.3 is 0 Å². The van der Waals surface area contributed by atoms with E-state index in [0.717, 1.165) is 16.8 Å². The van der Waals surface area contributed by atoms with Gasteiger partial charge in [-0.25, -0.2) is 9.13 Å². The number of Topliss-reactive ketones (excluding diaryl/α,β-unsaturated/α-hetero) is 1. The zero-order valence-electron chi connectivity index (χ0n) is 14.5. The second-order valence-electron chi connectivity index (χ2n) is 6.36. The summed E-state index contributed by atoms with van der Waals surface area (Å²) < 4.78 is 4.03. The van der Waals surface area contributed by atoms with Crippen LogP contribution < -0.4 is 4.57 Å². The van der Waals surface area contributed by atoms with Crippen LogP contribution in [-0.4, -0.2) is 10.4 Å². The van der Waals surface area contributed by atoms with E-state index in [1.165, 1.54) is 11.1 Å². The van der Waals surface area contributed by atoms with E-state index in [2.05, 4.69) is 42.7 Å². The monoisotopic (exact) mass is 319 g/mol. The molecule has 0 spiro atoms. The number of imidazole rings is 1.